The molecule has 0 amide bonds. The molecule has 0 aromatic carbocycles. The van der Waals surface area contributed by atoms with Gasteiger partial charge in [0.2, 0.25) is 5.56 Å². The lowest BCUT2D eigenvalue weighted by Crippen LogP contribution is -2.06. The molecule has 0 aliphatic carbocycles. The summed E-state index contributed by atoms with van der Waals surface area (Å²) in [6.07, 6.45) is 0. The Labute approximate surface area is 153 Å². The van der Waals surface area contributed by atoms with Crippen molar-refractivity contribution in [2.45, 2.75) is 13.8 Å². The number of aromatic amines is 1. The number of hydrogen-bond acceptors (Lipinski definition) is 5. The van der Waals surface area contributed by atoms with Crippen LogP contribution >= 0.6 is 11.6 Å². The summed E-state index contributed by atoms with van der Waals surface area (Å²) in [5.74, 6) is 0. The van der Waals surface area contributed by atoms with E-state index in [9.17, 15) is 4.79 Å². The normalized spacial score (nSPS) is 11.2. The molecule has 0 bridgehead atoms. The molecule has 0 radical (unpaired) electrons. The fraction of sp³-hybridized carbons (Fsp3) is 0.167. The van der Waals surface area contributed by atoms with Gasteiger partial charge in [0, 0.05) is 30.1 Å². The van der Waals surface area contributed by atoms with E-state index in [1.165, 1.54) is 6.07 Å². The number of aromatic nitrogens is 6. The van der Waals surface area contributed by atoms with Gasteiger partial charge in [0.25, 0.3) is 0 Å². The van der Waals surface area contributed by atoms with Crippen molar-refractivity contribution >= 4 is 22.8 Å². The van der Waals surface area contributed by atoms with Crippen LogP contribution in [0.4, 0.5) is 0 Å². The number of nitrogens with zero attached hydrogens (tertiary/aromatic N) is 5. The molecule has 4 heterocycles. The second kappa shape index (κ2) is 6.03. The molecule has 0 spiro atoms. The zero-order valence-electron chi connectivity index (χ0n) is 14.4. The highest BCUT2D eigenvalue weighted by Crippen LogP contribution is 2.31. The summed E-state index contributed by atoms with van der Waals surface area (Å²) >= 11 is 6.14. The number of fused-ring (bicyclic) bond motifs is 1. The molecule has 8 heteroatoms. The molecule has 0 fully saturated rings. The Morgan fingerprint density at radius 1 is 1.04 bits per heavy atom. The Hall–Kier alpha value is -3.06. The van der Waals surface area contributed by atoms with Crippen LogP contribution in [0, 0.1) is 13.8 Å². The van der Waals surface area contributed by atoms with Gasteiger partial charge >= 0.3 is 0 Å². The third-order valence-corrected chi connectivity index (χ3v) is 4.30. The van der Waals surface area contributed by atoms with Crippen LogP contribution in [0.1, 0.15) is 11.4 Å². The van der Waals surface area contributed by atoms with E-state index < -0.39 is 0 Å². The summed E-state index contributed by atoms with van der Waals surface area (Å²) < 4.78 is 1.77. The lowest BCUT2D eigenvalue weighted by Gasteiger charge is -2.09. The molecule has 0 unspecified atom stereocenters. The van der Waals surface area contributed by atoms with Gasteiger partial charge in [0.15, 0.2) is 5.65 Å². The molecule has 0 saturated carbocycles. The number of hydrogen-bond donors (Lipinski definition) is 1. The number of halogens is 1. The van der Waals surface area contributed by atoms with Crippen LogP contribution in [0.25, 0.3) is 33.8 Å². The highest BCUT2D eigenvalue weighted by molar-refractivity contribution is 6.29. The van der Waals surface area contributed by atoms with Gasteiger partial charge in [-0.25, -0.2) is 15.0 Å². The maximum absolute atomic E-state index is 11.7. The van der Waals surface area contributed by atoms with Crippen molar-refractivity contribution in [3.63, 3.8) is 0 Å². The summed E-state index contributed by atoms with van der Waals surface area (Å²) in [5.41, 5.74) is 5.20. The molecule has 4 rings (SSSR count). The second-order valence-electron chi connectivity index (χ2n) is 6.09. The van der Waals surface area contributed by atoms with Crippen molar-refractivity contribution in [3.8, 4) is 22.6 Å². The van der Waals surface area contributed by atoms with E-state index in [1.807, 2.05) is 33.0 Å². The summed E-state index contributed by atoms with van der Waals surface area (Å²) in [7, 11) is 1.86. The fourth-order valence-corrected chi connectivity index (χ4v) is 3.04. The maximum atomic E-state index is 11.7. The molecule has 4 aromatic heterocycles. The van der Waals surface area contributed by atoms with Crippen LogP contribution in [0.3, 0.4) is 0 Å². The van der Waals surface area contributed by atoms with Crippen LogP contribution in [0.5, 0.6) is 0 Å². The van der Waals surface area contributed by atoms with Crippen molar-refractivity contribution in [1.29, 1.82) is 0 Å². The van der Waals surface area contributed by atoms with Crippen LogP contribution in [0.2, 0.25) is 5.15 Å². The topological polar surface area (TPSA) is 89.4 Å². The van der Waals surface area contributed by atoms with Crippen molar-refractivity contribution in [3.05, 3.63) is 57.2 Å². The van der Waals surface area contributed by atoms with Crippen molar-refractivity contribution in [1.82, 2.24) is 29.7 Å². The summed E-state index contributed by atoms with van der Waals surface area (Å²) in [6, 6.07) is 8.64. The van der Waals surface area contributed by atoms with E-state index in [2.05, 4.69) is 20.1 Å². The Kier molecular flexibility index (Phi) is 3.81. The molecule has 0 atom stereocenters. The number of rotatable bonds is 2. The van der Waals surface area contributed by atoms with Gasteiger partial charge in [-0.1, -0.05) is 11.6 Å². The number of H-pyrrole nitrogens is 1. The lowest BCUT2D eigenvalue weighted by atomic mass is 10.1. The van der Waals surface area contributed by atoms with Gasteiger partial charge in [-0.15, -0.1) is 0 Å². The molecule has 4 aromatic rings. The highest BCUT2D eigenvalue weighted by Gasteiger charge is 2.17. The van der Waals surface area contributed by atoms with Crippen molar-refractivity contribution < 1.29 is 0 Å². The van der Waals surface area contributed by atoms with E-state index in [0.29, 0.717) is 33.4 Å². The van der Waals surface area contributed by atoms with Crippen LogP contribution in [-0.4, -0.2) is 29.7 Å². The van der Waals surface area contributed by atoms with E-state index in [0.717, 1.165) is 17.0 Å². The molecule has 7 nitrogen and oxygen atoms in total. The van der Waals surface area contributed by atoms with Gasteiger partial charge < -0.3 is 4.98 Å². The van der Waals surface area contributed by atoms with Crippen molar-refractivity contribution in [2.75, 3.05) is 0 Å². The third-order valence-electron chi connectivity index (χ3n) is 4.11. The minimum Gasteiger partial charge on any atom is -0.305 e. The summed E-state index contributed by atoms with van der Waals surface area (Å²) in [5, 5.41) is 4.90. The first-order valence-electron chi connectivity index (χ1n) is 7.97. The Bertz CT molecular complexity index is 1170. The molecule has 26 heavy (non-hydrogen) atoms. The second-order valence-corrected chi connectivity index (χ2v) is 6.48. The number of pyridine rings is 2. The summed E-state index contributed by atoms with van der Waals surface area (Å²) in [4.78, 5) is 27.9. The quantitative estimate of drug-likeness (QED) is 0.551. The molecular weight excluding hydrogens is 352 g/mol. The first-order chi connectivity index (χ1) is 12.4. The Morgan fingerprint density at radius 2 is 1.85 bits per heavy atom. The van der Waals surface area contributed by atoms with Crippen LogP contribution < -0.4 is 5.56 Å². The first kappa shape index (κ1) is 16.4. The smallest absolute Gasteiger partial charge is 0.249 e. The largest absolute Gasteiger partial charge is 0.305 e. The highest BCUT2D eigenvalue weighted by atomic mass is 35.5. The van der Waals surface area contributed by atoms with Gasteiger partial charge in [0.1, 0.15) is 22.1 Å². The molecular formula is C18H15ClN6O. The number of aryl methyl sites for hydroxylation is 3. The predicted octanol–water partition coefficient (Wildman–Crippen LogP) is 3.05. The first-order valence-corrected chi connectivity index (χ1v) is 8.35. The van der Waals surface area contributed by atoms with Gasteiger partial charge in [-0.3, -0.25) is 9.48 Å². The van der Waals surface area contributed by atoms with E-state index in [4.69, 9.17) is 16.6 Å². The number of nitrogens with one attached hydrogen (secondary N) is 1. The molecule has 130 valence electrons. The van der Waals surface area contributed by atoms with Gasteiger partial charge in [-0.2, -0.15) is 5.10 Å². The molecule has 0 aliphatic rings. The standard InChI is InChI=1S/C18H15ClN6O/c1-9-6-11(8-14(19)20-9)16-17(13-7-10(2)25(3)24-13)23-18-12(21-16)4-5-15(26)22-18/h4-8H,1-3H3,(H,22,23,26). The maximum Gasteiger partial charge on any atom is 0.249 e. The molecule has 0 saturated heterocycles. The minimum absolute atomic E-state index is 0.231. The van der Waals surface area contributed by atoms with Crippen LogP contribution in [-0.2, 0) is 7.05 Å². The molecule has 0 aliphatic heterocycles. The van der Waals surface area contributed by atoms with E-state index in [-0.39, 0.29) is 5.56 Å². The monoisotopic (exact) mass is 366 g/mol. The van der Waals surface area contributed by atoms with Crippen molar-refractivity contribution in [2.24, 2.45) is 7.05 Å². The zero-order valence-corrected chi connectivity index (χ0v) is 15.2. The van der Waals surface area contributed by atoms with E-state index >= 15 is 0 Å². The predicted molar refractivity (Wildman–Crippen MR) is 100 cm³/mol. The minimum atomic E-state index is -0.231. The third kappa shape index (κ3) is 2.86. The van der Waals surface area contributed by atoms with Gasteiger partial charge in [0.05, 0.1) is 5.69 Å². The molecule has 1 N–H and O–H groups in total. The van der Waals surface area contributed by atoms with Crippen LogP contribution in [0.15, 0.2) is 35.1 Å². The average Bonchev–Trinajstić information content (AvgIpc) is 2.91. The Morgan fingerprint density at radius 3 is 2.54 bits per heavy atom. The average molecular weight is 367 g/mol. The SMILES string of the molecule is Cc1cc(-c2nc3ccc(=O)[nH]c3nc2-c2cc(C)n(C)n2)cc(Cl)n1. The van der Waals surface area contributed by atoms with E-state index in [1.54, 1.807) is 16.8 Å². The Balaban J connectivity index is 2.07. The lowest BCUT2D eigenvalue weighted by molar-refractivity contribution is 0.742. The van der Waals surface area contributed by atoms with Gasteiger partial charge in [-0.05, 0) is 38.1 Å². The fourth-order valence-electron chi connectivity index (χ4n) is 2.79. The zero-order chi connectivity index (χ0) is 18.4. The summed E-state index contributed by atoms with van der Waals surface area (Å²) in [6.45, 7) is 3.83.